The summed E-state index contributed by atoms with van der Waals surface area (Å²) in [5.41, 5.74) is 0.828. The lowest BCUT2D eigenvalue weighted by atomic mass is 10.1. The van der Waals surface area contributed by atoms with Gasteiger partial charge in [0, 0.05) is 24.0 Å². The molecule has 1 unspecified atom stereocenters. The van der Waals surface area contributed by atoms with Gasteiger partial charge in [-0.2, -0.15) is 4.31 Å². The van der Waals surface area contributed by atoms with Gasteiger partial charge >= 0.3 is 0 Å². The van der Waals surface area contributed by atoms with E-state index in [1.807, 2.05) is 26.8 Å². The molecule has 0 aliphatic heterocycles. The lowest BCUT2D eigenvalue weighted by Gasteiger charge is -2.19. The summed E-state index contributed by atoms with van der Waals surface area (Å²) in [4.78, 5) is 13.2. The molecule has 27 heavy (non-hydrogen) atoms. The maximum Gasteiger partial charge on any atom is 0.244 e. The second kappa shape index (κ2) is 9.50. The molecule has 0 fully saturated rings. The summed E-state index contributed by atoms with van der Waals surface area (Å²) in [6.07, 6.45) is 3.16. The number of thiophene rings is 1. The molecule has 0 bridgehead atoms. The average Bonchev–Trinajstić information content (AvgIpc) is 3.06. The van der Waals surface area contributed by atoms with Crippen molar-refractivity contribution in [3.8, 4) is 0 Å². The molecule has 5 nitrogen and oxygen atoms in total. The van der Waals surface area contributed by atoms with Gasteiger partial charge in [-0.1, -0.05) is 37.6 Å². The Morgan fingerprint density at radius 3 is 2.33 bits per heavy atom. The minimum Gasteiger partial charge on any atom is -0.346 e. The van der Waals surface area contributed by atoms with Gasteiger partial charge in [-0.05, 0) is 42.8 Å². The van der Waals surface area contributed by atoms with Crippen molar-refractivity contribution in [1.29, 1.82) is 0 Å². The van der Waals surface area contributed by atoms with Crippen LogP contribution in [0.2, 0.25) is 4.34 Å². The van der Waals surface area contributed by atoms with E-state index in [0.29, 0.717) is 17.4 Å². The first-order valence-electron chi connectivity index (χ1n) is 8.62. The number of carbonyl (C=O) groups is 1. The second-order valence-corrected chi connectivity index (χ2v) is 9.55. The van der Waals surface area contributed by atoms with Gasteiger partial charge in [0.05, 0.1) is 15.3 Å². The molecule has 0 radical (unpaired) electrons. The van der Waals surface area contributed by atoms with Crippen molar-refractivity contribution < 1.29 is 13.2 Å². The molecule has 1 amide bonds. The molecule has 2 aromatic rings. The zero-order valence-electron chi connectivity index (χ0n) is 15.5. The van der Waals surface area contributed by atoms with Crippen molar-refractivity contribution in [3.05, 3.63) is 57.3 Å². The quantitative estimate of drug-likeness (QED) is 0.639. The number of benzene rings is 1. The van der Waals surface area contributed by atoms with Gasteiger partial charge < -0.3 is 5.32 Å². The van der Waals surface area contributed by atoms with Crippen LogP contribution in [0.25, 0.3) is 6.08 Å². The Bertz CT molecular complexity index is 901. The molecule has 0 saturated carbocycles. The summed E-state index contributed by atoms with van der Waals surface area (Å²) in [5.74, 6) is -0.230. The van der Waals surface area contributed by atoms with E-state index >= 15 is 0 Å². The molecule has 0 spiro atoms. The lowest BCUT2D eigenvalue weighted by Crippen LogP contribution is -2.30. The van der Waals surface area contributed by atoms with Crippen LogP contribution < -0.4 is 5.32 Å². The van der Waals surface area contributed by atoms with Crippen molar-refractivity contribution in [2.75, 3.05) is 13.1 Å². The Kier molecular flexibility index (Phi) is 7.61. The van der Waals surface area contributed by atoms with Gasteiger partial charge in [0.15, 0.2) is 0 Å². The molecule has 0 aliphatic carbocycles. The Morgan fingerprint density at radius 1 is 1.19 bits per heavy atom. The highest BCUT2D eigenvalue weighted by Crippen LogP contribution is 2.22. The SMILES string of the molecule is CCN(CC)S(=O)(=O)c1ccc(C(C)NC(=O)/C=C/c2ccc(Cl)s2)cc1. The third-order valence-electron chi connectivity index (χ3n) is 4.08. The molecule has 146 valence electrons. The summed E-state index contributed by atoms with van der Waals surface area (Å²) in [6, 6.07) is 9.98. The minimum absolute atomic E-state index is 0.230. The van der Waals surface area contributed by atoms with Gasteiger partial charge in [-0.3, -0.25) is 4.79 Å². The van der Waals surface area contributed by atoms with Crippen molar-refractivity contribution in [2.24, 2.45) is 0 Å². The number of rotatable bonds is 8. The van der Waals surface area contributed by atoms with E-state index in [1.54, 1.807) is 36.4 Å². The van der Waals surface area contributed by atoms with E-state index in [4.69, 9.17) is 11.6 Å². The molecule has 2 rings (SSSR count). The molecular formula is C19H23ClN2O3S2. The van der Waals surface area contributed by atoms with Gasteiger partial charge in [-0.15, -0.1) is 11.3 Å². The Balaban J connectivity index is 2.03. The third kappa shape index (κ3) is 5.65. The van der Waals surface area contributed by atoms with E-state index in [1.165, 1.54) is 21.7 Å². The van der Waals surface area contributed by atoms with Crippen LogP contribution >= 0.6 is 22.9 Å². The zero-order valence-corrected chi connectivity index (χ0v) is 17.9. The van der Waals surface area contributed by atoms with E-state index in [-0.39, 0.29) is 16.8 Å². The van der Waals surface area contributed by atoms with Crippen LogP contribution in [0.15, 0.2) is 47.4 Å². The molecular weight excluding hydrogens is 404 g/mol. The largest absolute Gasteiger partial charge is 0.346 e. The Labute approximate surface area is 169 Å². The first-order chi connectivity index (χ1) is 12.8. The topological polar surface area (TPSA) is 66.5 Å². The standard InChI is InChI=1S/C19H23ClN2O3S2/c1-4-22(5-2)27(24,25)17-10-6-15(7-11-17)14(3)21-19(23)13-9-16-8-12-18(20)26-16/h6-14H,4-5H2,1-3H3,(H,21,23)/b13-9+. The van der Waals surface area contributed by atoms with Crippen LogP contribution in [-0.4, -0.2) is 31.7 Å². The third-order valence-corrected chi connectivity index (χ3v) is 7.34. The fraction of sp³-hybridized carbons (Fsp3) is 0.316. The van der Waals surface area contributed by atoms with Crippen molar-refractivity contribution in [1.82, 2.24) is 9.62 Å². The zero-order chi connectivity index (χ0) is 20.0. The Morgan fingerprint density at radius 2 is 1.81 bits per heavy atom. The number of hydrogen-bond donors (Lipinski definition) is 1. The first-order valence-corrected chi connectivity index (χ1v) is 11.3. The van der Waals surface area contributed by atoms with Crippen molar-refractivity contribution in [3.63, 3.8) is 0 Å². The van der Waals surface area contributed by atoms with Crippen molar-refractivity contribution in [2.45, 2.75) is 31.7 Å². The average molecular weight is 427 g/mol. The van der Waals surface area contributed by atoms with Gasteiger partial charge in [0.1, 0.15) is 0 Å². The first kappa shape index (κ1) is 21.6. The fourth-order valence-corrected chi connectivity index (χ4v) is 4.98. The predicted molar refractivity (Wildman–Crippen MR) is 111 cm³/mol. The molecule has 1 aromatic carbocycles. The van der Waals surface area contributed by atoms with Crippen LogP contribution in [0.1, 0.15) is 37.3 Å². The number of nitrogens with one attached hydrogen (secondary N) is 1. The molecule has 0 saturated heterocycles. The van der Waals surface area contributed by atoms with Crippen LogP contribution in [0.5, 0.6) is 0 Å². The van der Waals surface area contributed by atoms with Crippen LogP contribution in [-0.2, 0) is 14.8 Å². The van der Waals surface area contributed by atoms with Gasteiger partial charge in [0.25, 0.3) is 0 Å². The fourth-order valence-electron chi connectivity index (χ4n) is 2.56. The summed E-state index contributed by atoms with van der Waals surface area (Å²) in [5, 5.41) is 2.86. The summed E-state index contributed by atoms with van der Waals surface area (Å²) < 4.78 is 27.1. The predicted octanol–water partition coefficient (Wildman–Crippen LogP) is 4.32. The van der Waals surface area contributed by atoms with Gasteiger partial charge in [-0.25, -0.2) is 8.42 Å². The van der Waals surface area contributed by atoms with E-state index in [2.05, 4.69) is 5.32 Å². The highest BCUT2D eigenvalue weighted by atomic mass is 35.5. The molecule has 1 atom stereocenters. The maximum absolute atomic E-state index is 12.5. The number of nitrogens with zero attached hydrogens (tertiary/aromatic N) is 1. The summed E-state index contributed by atoms with van der Waals surface area (Å²) >= 11 is 7.25. The van der Waals surface area contributed by atoms with E-state index < -0.39 is 10.0 Å². The molecule has 1 heterocycles. The summed E-state index contributed by atoms with van der Waals surface area (Å²) in [7, 11) is -3.48. The van der Waals surface area contributed by atoms with Crippen LogP contribution in [0, 0.1) is 0 Å². The molecule has 1 N–H and O–H groups in total. The number of sulfonamides is 1. The monoisotopic (exact) mass is 426 g/mol. The van der Waals surface area contributed by atoms with Crippen molar-refractivity contribution >= 4 is 44.9 Å². The van der Waals surface area contributed by atoms with E-state index in [9.17, 15) is 13.2 Å². The summed E-state index contributed by atoms with van der Waals surface area (Å²) in [6.45, 7) is 6.32. The second-order valence-electron chi connectivity index (χ2n) is 5.86. The highest BCUT2D eigenvalue weighted by Gasteiger charge is 2.21. The Hall–Kier alpha value is -1.67. The van der Waals surface area contributed by atoms with Gasteiger partial charge in [0.2, 0.25) is 15.9 Å². The lowest BCUT2D eigenvalue weighted by molar-refractivity contribution is -0.117. The number of halogens is 1. The number of hydrogen-bond acceptors (Lipinski definition) is 4. The maximum atomic E-state index is 12.5. The van der Waals surface area contributed by atoms with Crippen LogP contribution in [0.4, 0.5) is 0 Å². The van der Waals surface area contributed by atoms with Crippen LogP contribution in [0.3, 0.4) is 0 Å². The minimum atomic E-state index is -3.48. The highest BCUT2D eigenvalue weighted by molar-refractivity contribution is 7.89. The smallest absolute Gasteiger partial charge is 0.244 e. The molecule has 0 aliphatic rings. The number of amides is 1. The number of carbonyl (C=O) groups excluding carboxylic acids is 1. The molecule has 1 aromatic heterocycles. The van der Waals surface area contributed by atoms with E-state index in [0.717, 1.165) is 10.4 Å². The normalized spacial score (nSPS) is 13.2. The molecule has 8 heteroatoms.